The lowest BCUT2D eigenvalue weighted by Gasteiger charge is -2.29. The van der Waals surface area contributed by atoms with Crippen molar-refractivity contribution in [1.82, 2.24) is 5.32 Å². The molecule has 2 aromatic rings. The number of benzene rings is 2. The molecule has 6 heteroatoms. The quantitative estimate of drug-likeness (QED) is 0.698. The molecule has 0 spiro atoms. The summed E-state index contributed by atoms with van der Waals surface area (Å²) in [5, 5.41) is 2.95. The normalized spacial score (nSPS) is 13.6. The van der Waals surface area contributed by atoms with E-state index in [9.17, 15) is 13.2 Å². The molecule has 0 aliphatic carbocycles. The van der Waals surface area contributed by atoms with Gasteiger partial charge in [-0.2, -0.15) is 0 Å². The van der Waals surface area contributed by atoms with Crippen molar-refractivity contribution in [1.29, 1.82) is 0 Å². The fourth-order valence-electron chi connectivity index (χ4n) is 3.15. The maximum Gasteiger partial charge on any atom is 0.243 e. The molecule has 5 nitrogen and oxygen atoms in total. The highest BCUT2D eigenvalue weighted by Gasteiger charge is 2.29. The topological polar surface area (TPSA) is 66.5 Å². The number of carbonyl (C=O) groups is 1. The van der Waals surface area contributed by atoms with E-state index in [0.29, 0.717) is 5.69 Å². The highest BCUT2D eigenvalue weighted by atomic mass is 32.2. The SMILES string of the molecule is CCc1ccc(N(C(C)C(=O)NC(C)CCc2ccccc2)S(C)(=O)=O)cc1. The van der Waals surface area contributed by atoms with Gasteiger partial charge in [0.15, 0.2) is 0 Å². The Kier molecular flexibility index (Phi) is 7.63. The maximum atomic E-state index is 12.7. The summed E-state index contributed by atoms with van der Waals surface area (Å²) in [4.78, 5) is 12.7. The maximum absolute atomic E-state index is 12.7. The second-order valence-electron chi connectivity index (χ2n) is 7.19. The lowest BCUT2D eigenvalue weighted by atomic mass is 10.1. The lowest BCUT2D eigenvalue weighted by molar-refractivity contribution is -0.122. The van der Waals surface area contributed by atoms with Crippen molar-refractivity contribution in [3.8, 4) is 0 Å². The largest absolute Gasteiger partial charge is 0.352 e. The molecule has 0 radical (unpaired) electrons. The lowest BCUT2D eigenvalue weighted by Crippen LogP contribution is -2.50. The van der Waals surface area contributed by atoms with Gasteiger partial charge >= 0.3 is 0 Å². The number of hydrogen-bond donors (Lipinski definition) is 1. The molecule has 0 saturated carbocycles. The first-order valence-corrected chi connectivity index (χ1v) is 11.5. The van der Waals surface area contributed by atoms with E-state index in [0.717, 1.165) is 31.1 Å². The number of aryl methyl sites for hydroxylation is 2. The van der Waals surface area contributed by atoms with Gasteiger partial charge < -0.3 is 5.32 Å². The number of anilines is 1. The number of sulfonamides is 1. The van der Waals surface area contributed by atoms with Crippen molar-refractivity contribution in [2.24, 2.45) is 0 Å². The summed E-state index contributed by atoms with van der Waals surface area (Å²) < 4.78 is 25.9. The van der Waals surface area contributed by atoms with Gasteiger partial charge in [0.05, 0.1) is 11.9 Å². The zero-order chi connectivity index (χ0) is 20.7. The van der Waals surface area contributed by atoms with Crippen molar-refractivity contribution in [2.45, 2.75) is 52.1 Å². The highest BCUT2D eigenvalue weighted by molar-refractivity contribution is 7.92. The van der Waals surface area contributed by atoms with E-state index in [4.69, 9.17) is 0 Å². The van der Waals surface area contributed by atoms with Crippen molar-refractivity contribution >= 4 is 21.6 Å². The van der Waals surface area contributed by atoms with Crippen molar-refractivity contribution in [2.75, 3.05) is 10.6 Å². The third-order valence-corrected chi connectivity index (χ3v) is 6.03. The van der Waals surface area contributed by atoms with Crippen LogP contribution in [-0.2, 0) is 27.7 Å². The van der Waals surface area contributed by atoms with Gasteiger partial charge in [-0.25, -0.2) is 8.42 Å². The van der Waals surface area contributed by atoms with E-state index in [1.807, 2.05) is 44.2 Å². The summed E-state index contributed by atoms with van der Waals surface area (Å²) in [6, 6.07) is 16.5. The van der Waals surface area contributed by atoms with Crippen LogP contribution in [0.4, 0.5) is 5.69 Å². The van der Waals surface area contributed by atoms with Gasteiger partial charge in [0.2, 0.25) is 15.9 Å². The number of rotatable bonds is 9. The smallest absolute Gasteiger partial charge is 0.243 e. The van der Waals surface area contributed by atoms with E-state index >= 15 is 0 Å². The molecule has 2 aromatic carbocycles. The van der Waals surface area contributed by atoms with Crippen molar-refractivity contribution in [3.63, 3.8) is 0 Å². The summed E-state index contributed by atoms with van der Waals surface area (Å²) >= 11 is 0. The van der Waals surface area contributed by atoms with Gasteiger partial charge in [-0.05, 0) is 56.4 Å². The van der Waals surface area contributed by atoms with Crippen LogP contribution in [0.1, 0.15) is 38.3 Å². The zero-order valence-electron chi connectivity index (χ0n) is 17.1. The first-order valence-electron chi connectivity index (χ1n) is 9.65. The van der Waals surface area contributed by atoms with Gasteiger partial charge in [0, 0.05) is 6.04 Å². The molecule has 2 atom stereocenters. The van der Waals surface area contributed by atoms with Gasteiger partial charge in [-0.3, -0.25) is 9.10 Å². The first kappa shape index (κ1) is 22.0. The van der Waals surface area contributed by atoms with Crippen LogP contribution in [0.2, 0.25) is 0 Å². The Hall–Kier alpha value is -2.34. The number of amides is 1. The minimum absolute atomic E-state index is 0.0565. The average Bonchev–Trinajstić information content (AvgIpc) is 2.66. The third kappa shape index (κ3) is 6.09. The van der Waals surface area contributed by atoms with Gasteiger partial charge in [-0.15, -0.1) is 0 Å². The fourth-order valence-corrected chi connectivity index (χ4v) is 4.33. The summed E-state index contributed by atoms with van der Waals surface area (Å²) in [5.74, 6) is -0.300. The molecule has 2 unspecified atom stereocenters. The van der Waals surface area contributed by atoms with Gasteiger partial charge in [0.1, 0.15) is 6.04 Å². The Balaban J connectivity index is 2.06. The summed E-state index contributed by atoms with van der Waals surface area (Å²) in [7, 11) is -3.60. The minimum atomic E-state index is -3.60. The molecule has 0 aliphatic heterocycles. The molecular weight excluding hydrogens is 372 g/mol. The number of nitrogens with one attached hydrogen (secondary N) is 1. The van der Waals surface area contributed by atoms with Crippen LogP contribution in [0.25, 0.3) is 0 Å². The molecule has 1 N–H and O–H groups in total. The Bertz CT molecular complexity index is 864. The first-order chi connectivity index (χ1) is 13.2. The molecule has 0 aliphatic rings. The number of carbonyl (C=O) groups excluding carboxylic acids is 1. The summed E-state index contributed by atoms with van der Waals surface area (Å²) in [5.41, 5.74) is 2.83. The predicted molar refractivity (Wildman–Crippen MR) is 115 cm³/mol. The van der Waals surface area contributed by atoms with Crippen LogP contribution >= 0.6 is 0 Å². The van der Waals surface area contributed by atoms with Crippen molar-refractivity contribution in [3.05, 3.63) is 65.7 Å². The van der Waals surface area contributed by atoms with E-state index in [2.05, 4.69) is 17.4 Å². The summed E-state index contributed by atoms with van der Waals surface area (Å²) in [6.45, 7) is 5.60. The van der Waals surface area contributed by atoms with E-state index < -0.39 is 16.1 Å². The molecule has 0 aromatic heterocycles. The molecular formula is C22H30N2O3S. The Labute approximate surface area is 168 Å². The second-order valence-corrected chi connectivity index (χ2v) is 9.05. The Morgan fingerprint density at radius 1 is 1.00 bits per heavy atom. The molecule has 152 valence electrons. The monoisotopic (exact) mass is 402 g/mol. The molecule has 0 bridgehead atoms. The molecule has 0 heterocycles. The standard InChI is InChI=1S/C22H30N2O3S/c1-5-19-13-15-21(16-14-19)24(28(4,26)27)18(3)22(25)23-17(2)11-12-20-9-7-6-8-10-20/h6-10,13-18H,5,11-12H2,1-4H3,(H,23,25). The van der Waals surface area contributed by atoms with Crippen LogP contribution in [0.5, 0.6) is 0 Å². The van der Waals surface area contributed by atoms with Crippen LogP contribution < -0.4 is 9.62 Å². The molecule has 28 heavy (non-hydrogen) atoms. The van der Waals surface area contributed by atoms with Crippen LogP contribution in [0.3, 0.4) is 0 Å². The predicted octanol–water partition coefficient (Wildman–Crippen LogP) is 3.54. The summed E-state index contributed by atoms with van der Waals surface area (Å²) in [6.07, 6.45) is 3.63. The molecule has 1 amide bonds. The molecule has 0 saturated heterocycles. The number of nitrogens with zero attached hydrogens (tertiary/aromatic N) is 1. The van der Waals surface area contributed by atoms with Gasteiger partial charge in [0.25, 0.3) is 0 Å². The highest BCUT2D eigenvalue weighted by Crippen LogP contribution is 2.22. The van der Waals surface area contributed by atoms with Crippen LogP contribution in [0, 0.1) is 0 Å². The van der Waals surface area contributed by atoms with E-state index in [1.54, 1.807) is 19.1 Å². The zero-order valence-corrected chi connectivity index (χ0v) is 17.9. The van der Waals surface area contributed by atoms with Gasteiger partial charge in [-0.1, -0.05) is 49.4 Å². The van der Waals surface area contributed by atoms with E-state index in [-0.39, 0.29) is 11.9 Å². The number of hydrogen-bond acceptors (Lipinski definition) is 3. The molecule has 0 fully saturated rings. The Morgan fingerprint density at radius 2 is 1.61 bits per heavy atom. The fraction of sp³-hybridized carbons (Fsp3) is 0.409. The molecule has 2 rings (SSSR count). The average molecular weight is 403 g/mol. The Morgan fingerprint density at radius 3 is 2.14 bits per heavy atom. The van der Waals surface area contributed by atoms with Crippen LogP contribution in [-0.4, -0.2) is 32.7 Å². The third-order valence-electron chi connectivity index (χ3n) is 4.79. The van der Waals surface area contributed by atoms with E-state index in [1.165, 1.54) is 9.87 Å². The van der Waals surface area contributed by atoms with Crippen LogP contribution in [0.15, 0.2) is 54.6 Å². The second kappa shape index (κ2) is 9.73. The minimum Gasteiger partial charge on any atom is -0.352 e. The van der Waals surface area contributed by atoms with Crippen molar-refractivity contribution < 1.29 is 13.2 Å².